The lowest BCUT2D eigenvalue weighted by Crippen LogP contribution is -2.51. The number of nitrogens with one attached hydrogen (secondary N) is 1. The monoisotopic (exact) mass is 851 g/mol. The molecule has 2 atom stereocenters. The maximum Gasteiger partial charge on any atom is 0.407 e. The smallest absolute Gasteiger partial charge is 0.407 e. The van der Waals surface area contributed by atoms with E-state index in [-0.39, 0.29) is 48.6 Å². The van der Waals surface area contributed by atoms with Gasteiger partial charge in [-0.3, -0.25) is 14.4 Å². The number of rotatable bonds is 33. The van der Waals surface area contributed by atoms with Gasteiger partial charge in [0, 0.05) is 36.3 Å². The van der Waals surface area contributed by atoms with Gasteiger partial charge in [-0.05, 0) is 47.9 Å². The van der Waals surface area contributed by atoms with E-state index in [0.29, 0.717) is 12.8 Å². The number of ether oxygens (including phenoxy) is 3. The van der Waals surface area contributed by atoms with E-state index in [1.165, 1.54) is 93.7 Å². The molecule has 2 aromatic rings. The van der Waals surface area contributed by atoms with E-state index in [9.17, 15) is 24.3 Å². The van der Waals surface area contributed by atoms with Crippen molar-refractivity contribution < 1.29 is 38.5 Å². The van der Waals surface area contributed by atoms with Crippen LogP contribution in [0.25, 0.3) is 11.1 Å². The number of benzene rings is 2. The number of esters is 2. The first kappa shape index (κ1) is 49.1. The first-order chi connectivity index (χ1) is 29.4. The molecule has 0 unspecified atom stereocenters. The summed E-state index contributed by atoms with van der Waals surface area (Å²) in [6, 6.07) is 15.1. The van der Waals surface area contributed by atoms with Gasteiger partial charge in [0.15, 0.2) is 0 Å². The van der Waals surface area contributed by atoms with Crippen molar-refractivity contribution in [1.29, 1.82) is 0 Å². The average molecular weight is 851 g/mol. The number of unbranched alkanes of at least 4 members (excludes halogenated alkanes) is 16. The van der Waals surface area contributed by atoms with Crippen molar-refractivity contribution in [2.45, 2.75) is 179 Å². The number of thioether (sulfide) groups is 1. The molecule has 334 valence electrons. The van der Waals surface area contributed by atoms with Crippen molar-refractivity contribution in [3.05, 3.63) is 59.7 Å². The SMILES string of the molecule is CCCCCCCCCCCC(=O)OC[C@H](CSC[C@H](NC(=O)OCC1c2ccccc2-c2ccccc21)C(=O)N(CO)C1CC1)OC(=O)CCCCCCCCCCC. The number of hydrogen-bond acceptors (Lipinski definition) is 9. The molecular weight excluding hydrogens is 777 g/mol. The molecule has 1 fully saturated rings. The third-order valence-electron chi connectivity index (χ3n) is 11.6. The Morgan fingerprint density at radius 2 is 1.18 bits per heavy atom. The predicted molar refractivity (Wildman–Crippen MR) is 241 cm³/mol. The summed E-state index contributed by atoms with van der Waals surface area (Å²) in [5.41, 5.74) is 4.41. The summed E-state index contributed by atoms with van der Waals surface area (Å²) in [5.74, 6) is -0.772. The zero-order valence-electron chi connectivity index (χ0n) is 36.7. The van der Waals surface area contributed by atoms with E-state index in [1.807, 2.05) is 36.4 Å². The van der Waals surface area contributed by atoms with Crippen LogP contribution in [0.2, 0.25) is 0 Å². The van der Waals surface area contributed by atoms with Crippen molar-refractivity contribution >= 4 is 35.7 Å². The molecule has 10 nitrogen and oxygen atoms in total. The quantitative estimate of drug-likeness (QED) is 0.0312. The third kappa shape index (κ3) is 17.8. The van der Waals surface area contributed by atoms with Gasteiger partial charge in [-0.1, -0.05) is 165 Å². The van der Waals surface area contributed by atoms with Crippen LogP contribution in [0.15, 0.2) is 48.5 Å². The van der Waals surface area contributed by atoms with E-state index in [2.05, 4.69) is 31.3 Å². The summed E-state index contributed by atoms with van der Waals surface area (Å²) in [7, 11) is 0. The Balaban J connectivity index is 1.29. The van der Waals surface area contributed by atoms with E-state index >= 15 is 0 Å². The first-order valence-corrected chi connectivity index (χ1v) is 24.5. The molecule has 60 heavy (non-hydrogen) atoms. The molecule has 1 saturated carbocycles. The minimum atomic E-state index is -0.995. The summed E-state index contributed by atoms with van der Waals surface area (Å²) < 4.78 is 17.3. The first-order valence-electron chi connectivity index (χ1n) is 23.3. The number of carbonyl (C=O) groups is 4. The fraction of sp³-hybridized carbons (Fsp3) is 0.673. The van der Waals surface area contributed by atoms with Crippen molar-refractivity contribution in [1.82, 2.24) is 10.2 Å². The molecular formula is C49H74N2O8S. The zero-order valence-corrected chi connectivity index (χ0v) is 37.5. The highest BCUT2D eigenvalue weighted by Crippen LogP contribution is 2.44. The van der Waals surface area contributed by atoms with Crippen molar-refractivity contribution in [3.63, 3.8) is 0 Å². The Morgan fingerprint density at radius 3 is 1.70 bits per heavy atom. The van der Waals surface area contributed by atoms with Gasteiger partial charge in [0.25, 0.3) is 0 Å². The molecule has 4 rings (SSSR count). The normalized spacial score (nSPS) is 14.2. The fourth-order valence-corrected chi connectivity index (χ4v) is 9.03. The molecule has 0 saturated heterocycles. The standard InChI is InChI=1S/C49H74N2O8S/c1-3-5-7-9-11-13-15-17-19-29-46(53)57-33-39(59-47(54)30-20-18-16-14-12-10-8-6-4-2)35-60-36-45(48(55)51(37-52)38-31-32-38)50-49(56)58-34-44-42-27-23-21-25-40(42)41-26-22-24-28-43(41)44/h21-28,38-39,44-45,52H,3-20,29-37H2,1-2H3,(H,50,56)/t39-,45+/m1/s1. The summed E-state index contributed by atoms with van der Waals surface area (Å²) in [6.07, 6.45) is 21.4. The van der Waals surface area contributed by atoms with Gasteiger partial charge in [0.2, 0.25) is 5.91 Å². The number of fused-ring (bicyclic) bond motifs is 3. The van der Waals surface area contributed by atoms with Gasteiger partial charge in [0.1, 0.15) is 32.1 Å². The van der Waals surface area contributed by atoms with Crippen LogP contribution in [0.3, 0.4) is 0 Å². The van der Waals surface area contributed by atoms with Crippen LogP contribution in [0.5, 0.6) is 0 Å². The Hall–Kier alpha value is -3.57. The maximum absolute atomic E-state index is 13.8. The Morgan fingerprint density at radius 1 is 0.683 bits per heavy atom. The number of hydrogen-bond donors (Lipinski definition) is 2. The minimum Gasteiger partial charge on any atom is -0.462 e. The largest absolute Gasteiger partial charge is 0.462 e. The van der Waals surface area contributed by atoms with E-state index in [4.69, 9.17) is 14.2 Å². The van der Waals surface area contributed by atoms with Crippen LogP contribution in [0.1, 0.15) is 172 Å². The highest BCUT2D eigenvalue weighted by atomic mass is 32.2. The fourth-order valence-electron chi connectivity index (χ4n) is 8.00. The molecule has 0 heterocycles. The summed E-state index contributed by atoms with van der Waals surface area (Å²) in [6.45, 7) is 4.01. The lowest BCUT2D eigenvalue weighted by atomic mass is 9.98. The number of carbonyl (C=O) groups excluding carboxylic acids is 4. The molecule has 2 aliphatic carbocycles. The number of aliphatic hydroxyl groups is 1. The van der Waals surface area contributed by atoms with Crippen molar-refractivity contribution in [2.24, 2.45) is 0 Å². The molecule has 2 amide bonds. The molecule has 2 N–H and O–H groups in total. The van der Waals surface area contributed by atoms with Crippen LogP contribution in [0.4, 0.5) is 4.79 Å². The van der Waals surface area contributed by atoms with Crippen LogP contribution in [-0.4, -0.2) is 83.6 Å². The Kier molecular flexibility index (Phi) is 23.6. The minimum absolute atomic E-state index is 0.0701. The van der Waals surface area contributed by atoms with Gasteiger partial charge in [-0.25, -0.2) is 4.79 Å². The van der Waals surface area contributed by atoms with Crippen LogP contribution >= 0.6 is 11.8 Å². The lowest BCUT2D eigenvalue weighted by Gasteiger charge is -2.26. The van der Waals surface area contributed by atoms with Gasteiger partial charge in [-0.2, -0.15) is 11.8 Å². The molecule has 0 radical (unpaired) electrons. The second-order valence-electron chi connectivity index (χ2n) is 16.7. The Bertz CT molecular complexity index is 1520. The summed E-state index contributed by atoms with van der Waals surface area (Å²) >= 11 is 1.33. The van der Waals surface area contributed by atoms with Gasteiger partial charge in [0.05, 0.1) is 0 Å². The molecule has 0 spiro atoms. The summed E-state index contributed by atoms with van der Waals surface area (Å²) in [4.78, 5) is 54.3. The average Bonchev–Trinajstić information content (AvgIpc) is 4.04. The number of alkyl carbamates (subject to hydrolysis) is 1. The van der Waals surface area contributed by atoms with E-state index in [0.717, 1.165) is 73.6 Å². The molecule has 2 aliphatic rings. The van der Waals surface area contributed by atoms with Crippen molar-refractivity contribution in [2.75, 3.05) is 31.5 Å². The molecule has 0 aliphatic heterocycles. The number of aliphatic hydroxyl groups excluding tert-OH is 1. The molecule has 0 bridgehead atoms. The predicted octanol–water partition coefficient (Wildman–Crippen LogP) is 10.9. The zero-order chi connectivity index (χ0) is 42.8. The second-order valence-corrected chi connectivity index (χ2v) is 17.8. The highest BCUT2D eigenvalue weighted by Gasteiger charge is 2.37. The molecule has 11 heteroatoms. The van der Waals surface area contributed by atoms with Gasteiger partial charge in [-0.15, -0.1) is 0 Å². The topological polar surface area (TPSA) is 131 Å². The van der Waals surface area contributed by atoms with Crippen LogP contribution in [-0.2, 0) is 28.6 Å². The van der Waals surface area contributed by atoms with Gasteiger partial charge < -0.3 is 29.5 Å². The highest BCUT2D eigenvalue weighted by molar-refractivity contribution is 7.99. The third-order valence-corrected chi connectivity index (χ3v) is 12.8. The molecule has 2 aromatic carbocycles. The van der Waals surface area contributed by atoms with E-state index in [1.54, 1.807) is 0 Å². The van der Waals surface area contributed by atoms with Gasteiger partial charge >= 0.3 is 18.0 Å². The van der Waals surface area contributed by atoms with Crippen LogP contribution in [0, 0.1) is 0 Å². The van der Waals surface area contributed by atoms with Crippen molar-refractivity contribution in [3.8, 4) is 11.1 Å². The van der Waals surface area contributed by atoms with Crippen LogP contribution < -0.4 is 5.32 Å². The molecule has 0 aromatic heterocycles. The lowest BCUT2D eigenvalue weighted by molar-refractivity contribution is -0.157. The second kappa shape index (κ2) is 28.9. The summed E-state index contributed by atoms with van der Waals surface area (Å²) in [5, 5.41) is 12.9. The number of amides is 2. The van der Waals surface area contributed by atoms with E-state index < -0.39 is 30.9 Å². The Labute approximate surface area is 364 Å². The number of nitrogens with zero attached hydrogens (tertiary/aromatic N) is 1. The maximum atomic E-state index is 13.8.